The Balaban J connectivity index is 2.17. The molecular formula is C13H24O3. The van der Waals surface area contributed by atoms with Gasteiger partial charge in [0.1, 0.15) is 0 Å². The minimum absolute atomic E-state index is 0.145. The number of methoxy groups -OCH3 is 1. The van der Waals surface area contributed by atoms with Crippen LogP contribution in [0.4, 0.5) is 0 Å². The van der Waals surface area contributed by atoms with Crippen molar-refractivity contribution in [2.75, 3.05) is 13.7 Å². The molecule has 0 amide bonds. The minimum atomic E-state index is -0.181. The van der Waals surface area contributed by atoms with Crippen LogP contribution in [-0.4, -0.2) is 25.3 Å². The van der Waals surface area contributed by atoms with Crippen molar-refractivity contribution in [2.45, 2.75) is 63.9 Å². The van der Waals surface area contributed by atoms with Gasteiger partial charge >= 0.3 is 5.97 Å². The first kappa shape index (κ1) is 13.5. The molecule has 94 valence electrons. The number of rotatable bonds is 8. The van der Waals surface area contributed by atoms with Gasteiger partial charge in [-0.05, 0) is 25.7 Å². The predicted octanol–water partition coefficient (Wildman–Crippen LogP) is 3.07. The molecule has 0 aromatic rings. The van der Waals surface area contributed by atoms with Crippen molar-refractivity contribution < 1.29 is 14.3 Å². The summed E-state index contributed by atoms with van der Waals surface area (Å²) in [7, 11) is 1.44. The third-order valence-corrected chi connectivity index (χ3v) is 3.37. The molecule has 1 saturated carbocycles. The molecule has 0 aromatic heterocycles. The zero-order chi connectivity index (χ0) is 11.9. The zero-order valence-electron chi connectivity index (χ0n) is 10.6. The van der Waals surface area contributed by atoms with Crippen molar-refractivity contribution >= 4 is 5.97 Å². The van der Waals surface area contributed by atoms with Gasteiger partial charge in [-0.15, -0.1) is 0 Å². The van der Waals surface area contributed by atoms with Crippen LogP contribution in [0.5, 0.6) is 0 Å². The summed E-state index contributed by atoms with van der Waals surface area (Å²) in [5.74, 6) is -0.145. The second kappa shape index (κ2) is 6.89. The number of hydrogen-bond donors (Lipinski definition) is 0. The molecule has 1 rings (SSSR count). The second-order valence-corrected chi connectivity index (χ2v) is 4.70. The Morgan fingerprint density at radius 2 is 2.00 bits per heavy atom. The summed E-state index contributed by atoms with van der Waals surface area (Å²) in [6.07, 6.45) is 8.47. The Morgan fingerprint density at radius 1 is 1.25 bits per heavy atom. The highest BCUT2D eigenvalue weighted by molar-refractivity contribution is 5.70. The van der Waals surface area contributed by atoms with E-state index < -0.39 is 0 Å². The van der Waals surface area contributed by atoms with E-state index in [4.69, 9.17) is 9.47 Å². The lowest BCUT2D eigenvalue weighted by molar-refractivity contribution is -0.157. The SMILES string of the molecule is CCCCCCOC1(CC(=O)OC)CCC1. The molecule has 0 aromatic carbocycles. The number of unbranched alkanes of at least 4 members (excludes halogenated alkanes) is 3. The van der Waals surface area contributed by atoms with Crippen LogP contribution in [0.15, 0.2) is 0 Å². The second-order valence-electron chi connectivity index (χ2n) is 4.70. The molecule has 0 atom stereocenters. The van der Waals surface area contributed by atoms with Gasteiger partial charge < -0.3 is 9.47 Å². The van der Waals surface area contributed by atoms with Crippen LogP contribution in [0, 0.1) is 0 Å². The summed E-state index contributed by atoms with van der Waals surface area (Å²) >= 11 is 0. The van der Waals surface area contributed by atoms with Crippen LogP contribution in [0.25, 0.3) is 0 Å². The van der Waals surface area contributed by atoms with Crippen molar-refractivity contribution in [3.8, 4) is 0 Å². The molecule has 0 radical (unpaired) electrons. The highest BCUT2D eigenvalue weighted by Gasteiger charge is 2.40. The van der Waals surface area contributed by atoms with Gasteiger partial charge in [0.25, 0.3) is 0 Å². The smallest absolute Gasteiger partial charge is 0.308 e. The Morgan fingerprint density at radius 3 is 2.50 bits per heavy atom. The van der Waals surface area contributed by atoms with E-state index in [1.807, 2.05) is 0 Å². The molecule has 0 N–H and O–H groups in total. The van der Waals surface area contributed by atoms with Crippen LogP contribution in [0.2, 0.25) is 0 Å². The van der Waals surface area contributed by atoms with E-state index in [9.17, 15) is 4.79 Å². The summed E-state index contributed by atoms with van der Waals surface area (Å²) in [6, 6.07) is 0. The fourth-order valence-electron chi connectivity index (χ4n) is 2.10. The van der Waals surface area contributed by atoms with Gasteiger partial charge in [-0.1, -0.05) is 26.2 Å². The number of ether oxygens (including phenoxy) is 2. The molecule has 1 aliphatic carbocycles. The largest absolute Gasteiger partial charge is 0.469 e. The molecule has 0 spiro atoms. The first-order valence-electron chi connectivity index (χ1n) is 6.43. The van der Waals surface area contributed by atoms with Crippen LogP contribution >= 0.6 is 0 Å². The average Bonchev–Trinajstić information content (AvgIpc) is 2.24. The quantitative estimate of drug-likeness (QED) is 0.473. The number of carbonyl (C=O) groups is 1. The maximum atomic E-state index is 11.3. The van der Waals surface area contributed by atoms with Gasteiger partial charge in [-0.3, -0.25) is 4.79 Å². The fourth-order valence-corrected chi connectivity index (χ4v) is 2.10. The molecule has 3 nitrogen and oxygen atoms in total. The van der Waals surface area contributed by atoms with Gasteiger partial charge in [0.05, 0.1) is 19.1 Å². The summed E-state index contributed by atoms with van der Waals surface area (Å²) in [4.78, 5) is 11.3. The molecule has 0 unspecified atom stereocenters. The Labute approximate surface area is 98.5 Å². The van der Waals surface area contributed by atoms with Crippen LogP contribution in [0.3, 0.4) is 0 Å². The summed E-state index contributed by atoms with van der Waals surface area (Å²) < 4.78 is 10.6. The van der Waals surface area contributed by atoms with E-state index in [1.54, 1.807) is 0 Å². The molecule has 1 aliphatic rings. The summed E-state index contributed by atoms with van der Waals surface area (Å²) in [5.41, 5.74) is -0.181. The highest BCUT2D eigenvalue weighted by atomic mass is 16.5. The molecule has 0 aliphatic heterocycles. The number of esters is 1. The van der Waals surface area contributed by atoms with Gasteiger partial charge in [-0.25, -0.2) is 0 Å². The van der Waals surface area contributed by atoms with E-state index in [0.717, 1.165) is 25.9 Å². The van der Waals surface area contributed by atoms with E-state index in [0.29, 0.717) is 6.42 Å². The molecule has 3 heteroatoms. The van der Waals surface area contributed by atoms with Crippen molar-refractivity contribution in [3.05, 3.63) is 0 Å². The number of carbonyl (C=O) groups excluding carboxylic acids is 1. The van der Waals surface area contributed by atoms with Gasteiger partial charge in [0, 0.05) is 6.61 Å². The first-order valence-corrected chi connectivity index (χ1v) is 6.43. The predicted molar refractivity (Wildman–Crippen MR) is 63.3 cm³/mol. The van der Waals surface area contributed by atoms with Gasteiger partial charge in [0.15, 0.2) is 0 Å². The van der Waals surface area contributed by atoms with Crippen molar-refractivity contribution in [3.63, 3.8) is 0 Å². The molecular weight excluding hydrogens is 204 g/mol. The Hall–Kier alpha value is -0.570. The molecule has 0 heterocycles. The van der Waals surface area contributed by atoms with E-state index >= 15 is 0 Å². The monoisotopic (exact) mass is 228 g/mol. The van der Waals surface area contributed by atoms with Gasteiger partial charge in [0.2, 0.25) is 0 Å². The molecule has 0 bridgehead atoms. The minimum Gasteiger partial charge on any atom is -0.469 e. The van der Waals surface area contributed by atoms with E-state index in [1.165, 1.54) is 32.8 Å². The molecule has 1 fully saturated rings. The van der Waals surface area contributed by atoms with Crippen LogP contribution in [0.1, 0.15) is 58.3 Å². The molecule has 0 saturated heterocycles. The zero-order valence-corrected chi connectivity index (χ0v) is 10.6. The van der Waals surface area contributed by atoms with Crippen molar-refractivity contribution in [2.24, 2.45) is 0 Å². The number of hydrogen-bond acceptors (Lipinski definition) is 3. The summed E-state index contributed by atoms with van der Waals surface area (Å²) in [5, 5.41) is 0. The highest BCUT2D eigenvalue weighted by Crippen LogP contribution is 2.39. The van der Waals surface area contributed by atoms with Crippen molar-refractivity contribution in [1.82, 2.24) is 0 Å². The lowest BCUT2D eigenvalue weighted by atomic mass is 9.77. The fraction of sp³-hybridized carbons (Fsp3) is 0.923. The lowest BCUT2D eigenvalue weighted by Crippen LogP contribution is -2.42. The standard InChI is InChI=1S/C13H24O3/c1-3-4-5-6-10-16-13(8-7-9-13)11-12(14)15-2/h3-11H2,1-2H3. The average molecular weight is 228 g/mol. The molecule has 16 heavy (non-hydrogen) atoms. The third kappa shape index (κ3) is 4.12. The van der Waals surface area contributed by atoms with E-state index in [2.05, 4.69) is 6.92 Å². The van der Waals surface area contributed by atoms with Crippen LogP contribution in [-0.2, 0) is 14.3 Å². The van der Waals surface area contributed by atoms with Crippen LogP contribution < -0.4 is 0 Å². The third-order valence-electron chi connectivity index (χ3n) is 3.37. The Bertz CT molecular complexity index is 209. The lowest BCUT2D eigenvalue weighted by Gasteiger charge is -2.40. The Kier molecular flexibility index (Phi) is 5.81. The maximum Gasteiger partial charge on any atom is 0.308 e. The normalized spacial score (nSPS) is 17.9. The van der Waals surface area contributed by atoms with Gasteiger partial charge in [-0.2, -0.15) is 0 Å². The van der Waals surface area contributed by atoms with Crippen molar-refractivity contribution in [1.29, 1.82) is 0 Å². The maximum absolute atomic E-state index is 11.3. The topological polar surface area (TPSA) is 35.5 Å². The van der Waals surface area contributed by atoms with E-state index in [-0.39, 0.29) is 11.6 Å². The summed E-state index contributed by atoms with van der Waals surface area (Å²) in [6.45, 7) is 2.99. The first-order chi connectivity index (χ1) is 7.72.